The van der Waals surface area contributed by atoms with Gasteiger partial charge in [0.2, 0.25) is 5.91 Å². The molecule has 62 valence electrons. The number of hydrogen-bond acceptors (Lipinski definition) is 2. The minimum atomic E-state index is 0.163. The number of carbonyl (C=O) groups is 1. The van der Waals surface area contributed by atoms with Crippen LogP contribution < -0.4 is 5.32 Å². The Bertz CT molecular complexity index is 187. The molecule has 0 aliphatic carbocycles. The molecule has 0 aromatic carbocycles. The lowest BCUT2D eigenvalue weighted by atomic mass is 9.81. The van der Waals surface area contributed by atoms with Crippen LogP contribution in [0.4, 0.5) is 0 Å². The van der Waals surface area contributed by atoms with Gasteiger partial charge in [0.1, 0.15) is 0 Å². The third kappa shape index (κ3) is 1.38. The Morgan fingerprint density at radius 1 is 1.64 bits per heavy atom. The lowest BCUT2D eigenvalue weighted by Crippen LogP contribution is -2.66. The number of rotatable bonds is 0. The Hall–Kier alpha value is 0.160. The van der Waals surface area contributed by atoms with Crippen molar-refractivity contribution < 1.29 is 4.79 Å². The quantitative estimate of drug-likeness (QED) is 0.397. The van der Waals surface area contributed by atoms with Gasteiger partial charge in [0.25, 0.3) is 0 Å². The highest BCUT2D eigenvalue weighted by molar-refractivity contribution is 14.1. The Kier molecular flexibility index (Phi) is 1.83. The van der Waals surface area contributed by atoms with Crippen molar-refractivity contribution in [2.45, 2.75) is 24.8 Å². The molecule has 2 aliphatic rings. The molecule has 2 rings (SSSR count). The second kappa shape index (κ2) is 2.58. The van der Waals surface area contributed by atoms with Crippen molar-refractivity contribution in [1.82, 2.24) is 8.43 Å². The summed E-state index contributed by atoms with van der Waals surface area (Å²) in [5.41, 5.74) is 0.163. The van der Waals surface area contributed by atoms with Crippen LogP contribution >= 0.6 is 22.9 Å². The van der Waals surface area contributed by atoms with E-state index in [9.17, 15) is 4.79 Å². The highest BCUT2D eigenvalue weighted by atomic mass is 127. The maximum atomic E-state index is 10.7. The van der Waals surface area contributed by atoms with E-state index in [1.54, 1.807) is 0 Å². The number of carbonyl (C=O) groups excluding carboxylic acids is 1. The second-order valence-electron chi connectivity index (χ2n) is 3.45. The number of nitrogens with one attached hydrogen (secondary N) is 1. The molecule has 11 heavy (non-hydrogen) atoms. The average molecular weight is 266 g/mol. The number of β-lactam (4-membered cyclic amide) rings is 1. The number of halogens is 1. The lowest BCUT2D eigenvalue weighted by Gasteiger charge is -2.47. The van der Waals surface area contributed by atoms with Gasteiger partial charge in [-0.3, -0.25) is 4.79 Å². The Morgan fingerprint density at radius 3 is 2.91 bits per heavy atom. The first-order valence-electron chi connectivity index (χ1n) is 3.92. The Morgan fingerprint density at radius 2 is 2.36 bits per heavy atom. The molecular weight excluding hydrogens is 255 g/mol. The molecule has 2 heterocycles. The predicted molar refractivity (Wildman–Crippen MR) is 50.3 cm³/mol. The molecule has 1 amide bonds. The molecule has 3 nitrogen and oxygen atoms in total. The topological polar surface area (TPSA) is 32.3 Å². The van der Waals surface area contributed by atoms with Crippen LogP contribution in [0.15, 0.2) is 0 Å². The zero-order valence-electron chi connectivity index (χ0n) is 6.27. The van der Waals surface area contributed by atoms with Gasteiger partial charge in [-0.15, -0.1) is 0 Å². The smallest absolute Gasteiger partial charge is 0.222 e. The molecule has 0 unspecified atom stereocenters. The van der Waals surface area contributed by atoms with Crippen LogP contribution in [0.25, 0.3) is 0 Å². The van der Waals surface area contributed by atoms with Crippen LogP contribution in [0.1, 0.15) is 19.3 Å². The van der Waals surface area contributed by atoms with Gasteiger partial charge >= 0.3 is 0 Å². The third-order valence-electron chi connectivity index (χ3n) is 2.43. The normalized spacial score (nSPS) is 38.5. The van der Waals surface area contributed by atoms with Crippen molar-refractivity contribution in [1.29, 1.82) is 0 Å². The molecular formula is C7H11IN2O. The number of piperidine rings is 1. The summed E-state index contributed by atoms with van der Waals surface area (Å²) in [6.07, 6.45) is 3.12. The van der Waals surface area contributed by atoms with Gasteiger partial charge in [-0.2, -0.15) is 0 Å². The summed E-state index contributed by atoms with van der Waals surface area (Å²) in [4.78, 5) is 10.7. The maximum absolute atomic E-state index is 10.7. The van der Waals surface area contributed by atoms with Gasteiger partial charge in [0.05, 0.1) is 12.0 Å². The zero-order valence-corrected chi connectivity index (χ0v) is 8.43. The van der Waals surface area contributed by atoms with Crippen molar-refractivity contribution >= 4 is 28.8 Å². The SMILES string of the molecule is O=C1C[C@]2(CCCN(I)C2)N1. The highest BCUT2D eigenvalue weighted by Gasteiger charge is 2.44. The summed E-state index contributed by atoms with van der Waals surface area (Å²) in [6, 6.07) is 0. The summed E-state index contributed by atoms with van der Waals surface area (Å²) >= 11 is 2.33. The molecule has 2 fully saturated rings. The van der Waals surface area contributed by atoms with Gasteiger partial charge in [0.15, 0.2) is 0 Å². The van der Waals surface area contributed by atoms with Crippen molar-refractivity contribution in [3.8, 4) is 0 Å². The van der Waals surface area contributed by atoms with E-state index in [1.807, 2.05) is 0 Å². The zero-order chi connectivity index (χ0) is 7.90. The van der Waals surface area contributed by atoms with Crippen molar-refractivity contribution in [3.05, 3.63) is 0 Å². The molecule has 0 bridgehead atoms. The van der Waals surface area contributed by atoms with E-state index in [1.165, 1.54) is 6.42 Å². The first-order chi connectivity index (χ1) is 5.20. The van der Waals surface area contributed by atoms with E-state index in [-0.39, 0.29) is 11.4 Å². The number of hydrogen-bond donors (Lipinski definition) is 1. The van der Waals surface area contributed by atoms with E-state index < -0.39 is 0 Å². The standard InChI is InChI=1S/C7H11IN2O/c8-10-3-1-2-7(5-10)4-6(11)9-7/h1-5H2,(H,9,11)/t7-/m0/s1. The fraction of sp³-hybridized carbons (Fsp3) is 0.857. The van der Waals surface area contributed by atoms with Crippen molar-refractivity contribution in [3.63, 3.8) is 0 Å². The van der Waals surface area contributed by atoms with Crippen molar-refractivity contribution in [2.24, 2.45) is 0 Å². The highest BCUT2D eigenvalue weighted by Crippen LogP contribution is 2.31. The average Bonchev–Trinajstić information content (AvgIpc) is 1.84. The Balaban J connectivity index is 1.98. The van der Waals surface area contributed by atoms with E-state index in [0.29, 0.717) is 0 Å². The summed E-state index contributed by atoms with van der Waals surface area (Å²) in [5, 5.41) is 3.00. The second-order valence-corrected chi connectivity index (χ2v) is 4.82. The monoisotopic (exact) mass is 266 g/mol. The molecule has 0 saturated carbocycles. The lowest BCUT2D eigenvalue weighted by molar-refractivity contribution is -0.134. The van der Waals surface area contributed by atoms with Crippen molar-refractivity contribution in [2.75, 3.05) is 13.1 Å². The van der Waals surface area contributed by atoms with Crippen LogP contribution in [0, 0.1) is 0 Å². The molecule has 2 aliphatic heterocycles. The molecule has 2 saturated heterocycles. The number of amides is 1. The first kappa shape index (κ1) is 7.79. The summed E-state index contributed by atoms with van der Waals surface area (Å²) < 4.78 is 2.26. The molecule has 0 aromatic heterocycles. The molecule has 1 spiro atoms. The van der Waals surface area contributed by atoms with E-state index in [2.05, 4.69) is 31.3 Å². The van der Waals surface area contributed by atoms with Crippen LogP contribution in [0.2, 0.25) is 0 Å². The van der Waals surface area contributed by atoms with E-state index >= 15 is 0 Å². The minimum absolute atomic E-state index is 0.163. The van der Waals surface area contributed by atoms with Crippen LogP contribution in [-0.4, -0.2) is 27.6 Å². The van der Waals surface area contributed by atoms with E-state index in [4.69, 9.17) is 0 Å². The molecule has 0 radical (unpaired) electrons. The summed E-state index contributed by atoms with van der Waals surface area (Å²) in [7, 11) is 0. The Labute approximate surface area is 80.0 Å². The largest absolute Gasteiger partial charge is 0.349 e. The maximum Gasteiger partial charge on any atom is 0.222 e. The van der Waals surface area contributed by atoms with Gasteiger partial charge in [-0.05, 0) is 12.8 Å². The molecule has 1 N–H and O–H groups in total. The van der Waals surface area contributed by atoms with Gasteiger partial charge in [-0.25, -0.2) is 3.11 Å². The molecule has 0 aromatic rings. The predicted octanol–water partition coefficient (Wildman–Crippen LogP) is 0.691. The van der Waals surface area contributed by atoms with Crippen LogP contribution in [0.5, 0.6) is 0 Å². The van der Waals surface area contributed by atoms with E-state index in [0.717, 1.165) is 25.9 Å². The molecule has 1 atom stereocenters. The third-order valence-corrected chi connectivity index (χ3v) is 3.26. The molecule has 4 heteroatoms. The van der Waals surface area contributed by atoms with Gasteiger partial charge in [0, 0.05) is 36.0 Å². The number of nitrogens with zero attached hydrogens (tertiary/aromatic N) is 1. The van der Waals surface area contributed by atoms with Crippen LogP contribution in [-0.2, 0) is 4.79 Å². The first-order valence-corrected chi connectivity index (χ1v) is 4.88. The summed E-state index contributed by atoms with van der Waals surface area (Å²) in [6.45, 7) is 2.19. The minimum Gasteiger partial charge on any atom is -0.349 e. The fourth-order valence-corrected chi connectivity index (χ4v) is 2.90. The van der Waals surface area contributed by atoms with Gasteiger partial charge in [-0.1, -0.05) is 0 Å². The van der Waals surface area contributed by atoms with Crippen LogP contribution in [0.3, 0.4) is 0 Å². The van der Waals surface area contributed by atoms with Gasteiger partial charge < -0.3 is 5.32 Å². The summed E-state index contributed by atoms with van der Waals surface area (Å²) in [5.74, 6) is 0.219. The fourth-order valence-electron chi connectivity index (χ4n) is 1.91.